The van der Waals surface area contributed by atoms with Crippen LogP contribution in [0.15, 0.2) is 12.7 Å². The largest absolute Gasteiger partial charge is 0.392 e. The van der Waals surface area contributed by atoms with Crippen LogP contribution in [-0.4, -0.2) is 29.7 Å². The minimum atomic E-state index is -0.514. The van der Waals surface area contributed by atoms with E-state index in [-0.39, 0.29) is 18.1 Å². The Morgan fingerprint density at radius 1 is 1.60 bits per heavy atom. The minimum Gasteiger partial charge on any atom is -0.392 e. The Morgan fingerprint density at radius 2 is 2.27 bits per heavy atom. The molecule has 0 bridgehead atoms. The molecule has 0 aromatic rings. The van der Waals surface area contributed by atoms with Crippen LogP contribution in [0.4, 0.5) is 0 Å². The molecular formula is C12H22O3. The van der Waals surface area contributed by atoms with Crippen molar-refractivity contribution in [2.45, 2.75) is 51.6 Å². The topological polar surface area (TPSA) is 38.7 Å². The molecule has 0 unspecified atom stereocenters. The molecule has 3 nitrogen and oxygen atoms in total. The van der Waals surface area contributed by atoms with E-state index in [0.29, 0.717) is 13.0 Å². The zero-order valence-corrected chi connectivity index (χ0v) is 9.90. The molecule has 1 saturated heterocycles. The lowest BCUT2D eigenvalue weighted by molar-refractivity contribution is -0.277. The quantitative estimate of drug-likeness (QED) is 0.728. The SMILES string of the molecule is C=C[C@H](C)[C@@H](O)C[C@@H]1CCOC(C)(C)O1. The molecule has 15 heavy (non-hydrogen) atoms. The first-order chi connectivity index (χ1) is 6.94. The standard InChI is InChI=1S/C12H22O3/c1-5-9(2)11(13)8-10-6-7-14-12(3,4)15-10/h5,9-11,13H,1,6-8H2,2-4H3/t9-,10-,11-/m0/s1. The Kier molecular flexibility index (Phi) is 4.32. The summed E-state index contributed by atoms with van der Waals surface area (Å²) < 4.78 is 11.2. The Bertz CT molecular complexity index is 213. The molecule has 0 radical (unpaired) electrons. The van der Waals surface area contributed by atoms with Gasteiger partial charge >= 0.3 is 0 Å². The van der Waals surface area contributed by atoms with Crippen molar-refractivity contribution >= 4 is 0 Å². The normalized spacial score (nSPS) is 29.5. The smallest absolute Gasteiger partial charge is 0.163 e. The highest BCUT2D eigenvalue weighted by molar-refractivity contribution is 4.83. The summed E-state index contributed by atoms with van der Waals surface area (Å²) in [4.78, 5) is 0. The van der Waals surface area contributed by atoms with E-state index in [4.69, 9.17) is 9.47 Å². The van der Waals surface area contributed by atoms with Gasteiger partial charge in [-0.15, -0.1) is 6.58 Å². The van der Waals surface area contributed by atoms with Gasteiger partial charge in [0.05, 0.1) is 18.8 Å². The second kappa shape index (κ2) is 5.10. The fourth-order valence-corrected chi connectivity index (χ4v) is 1.74. The Labute approximate surface area is 92.1 Å². The van der Waals surface area contributed by atoms with Crippen LogP contribution in [0.5, 0.6) is 0 Å². The molecule has 1 aliphatic rings. The Morgan fingerprint density at radius 3 is 2.80 bits per heavy atom. The summed E-state index contributed by atoms with van der Waals surface area (Å²) in [6.45, 7) is 10.2. The van der Waals surface area contributed by atoms with Crippen LogP contribution in [0.3, 0.4) is 0 Å². The van der Waals surface area contributed by atoms with Crippen molar-refractivity contribution in [3.63, 3.8) is 0 Å². The Hall–Kier alpha value is -0.380. The van der Waals surface area contributed by atoms with Gasteiger partial charge in [-0.1, -0.05) is 13.0 Å². The van der Waals surface area contributed by atoms with Crippen LogP contribution in [-0.2, 0) is 9.47 Å². The van der Waals surface area contributed by atoms with Crippen molar-refractivity contribution in [1.29, 1.82) is 0 Å². The predicted octanol–water partition coefficient (Wildman–Crippen LogP) is 2.10. The number of hydrogen-bond acceptors (Lipinski definition) is 3. The van der Waals surface area contributed by atoms with Gasteiger partial charge in [0.25, 0.3) is 0 Å². The highest BCUT2D eigenvalue weighted by Gasteiger charge is 2.31. The van der Waals surface area contributed by atoms with E-state index in [2.05, 4.69) is 6.58 Å². The minimum absolute atomic E-state index is 0.0890. The second-order valence-electron chi connectivity index (χ2n) is 4.67. The van der Waals surface area contributed by atoms with Gasteiger partial charge < -0.3 is 14.6 Å². The van der Waals surface area contributed by atoms with Crippen molar-refractivity contribution in [3.05, 3.63) is 12.7 Å². The molecule has 1 fully saturated rings. The number of ether oxygens (including phenoxy) is 2. The third-order valence-corrected chi connectivity index (χ3v) is 2.82. The molecule has 3 heteroatoms. The average Bonchev–Trinajstić information content (AvgIpc) is 2.14. The molecule has 0 aromatic heterocycles. The highest BCUT2D eigenvalue weighted by Crippen LogP contribution is 2.25. The third kappa shape index (κ3) is 3.93. The summed E-state index contributed by atoms with van der Waals surface area (Å²) in [5, 5.41) is 9.85. The van der Waals surface area contributed by atoms with E-state index in [1.807, 2.05) is 20.8 Å². The summed E-state index contributed by atoms with van der Waals surface area (Å²) in [6.07, 6.45) is 2.99. The summed E-state index contributed by atoms with van der Waals surface area (Å²) in [7, 11) is 0. The fourth-order valence-electron chi connectivity index (χ4n) is 1.74. The van der Waals surface area contributed by atoms with Gasteiger partial charge in [0, 0.05) is 6.42 Å². The monoisotopic (exact) mass is 214 g/mol. The number of hydrogen-bond donors (Lipinski definition) is 1. The molecule has 0 saturated carbocycles. The lowest BCUT2D eigenvalue weighted by Crippen LogP contribution is -2.41. The van der Waals surface area contributed by atoms with Gasteiger partial charge in [0.15, 0.2) is 5.79 Å². The van der Waals surface area contributed by atoms with Crippen LogP contribution in [0, 0.1) is 5.92 Å². The summed E-state index contributed by atoms with van der Waals surface area (Å²) in [5.41, 5.74) is 0. The van der Waals surface area contributed by atoms with Crippen molar-refractivity contribution < 1.29 is 14.6 Å². The van der Waals surface area contributed by atoms with E-state index < -0.39 is 5.79 Å². The molecule has 1 N–H and O–H groups in total. The Balaban J connectivity index is 2.41. The van der Waals surface area contributed by atoms with Crippen molar-refractivity contribution in [1.82, 2.24) is 0 Å². The summed E-state index contributed by atoms with van der Waals surface area (Å²) in [6, 6.07) is 0. The third-order valence-electron chi connectivity index (χ3n) is 2.82. The zero-order chi connectivity index (χ0) is 11.5. The summed E-state index contributed by atoms with van der Waals surface area (Å²) in [5.74, 6) is -0.403. The van der Waals surface area contributed by atoms with E-state index in [9.17, 15) is 5.11 Å². The number of aliphatic hydroxyl groups is 1. The zero-order valence-electron chi connectivity index (χ0n) is 9.90. The maximum Gasteiger partial charge on any atom is 0.163 e. The lowest BCUT2D eigenvalue weighted by atomic mass is 9.97. The molecular weight excluding hydrogens is 192 g/mol. The molecule has 0 spiro atoms. The second-order valence-corrected chi connectivity index (χ2v) is 4.67. The predicted molar refractivity (Wildman–Crippen MR) is 59.5 cm³/mol. The molecule has 0 amide bonds. The molecule has 0 aliphatic carbocycles. The lowest BCUT2D eigenvalue weighted by Gasteiger charge is -2.37. The fraction of sp³-hybridized carbons (Fsp3) is 0.833. The highest BCUT2D eigenvalue weighted by atomic mass is 16.7. The molecule has 1 rings (SSSR count). The van der Waals surface area contributed by atoms with Crippen LogP contribution in [0.1, 0.15) is 33.6 Å². The van der Waals surface area contributed by atoms with Gasteiger partial charge in [-0.3, -0.25) is 0 Å². The van der Waals surface area contributed by atoms with Gasteiger partial charge in [-0.25, -0.2) is 0 Å². The van der Waals surface area contributed by atoms with Crippen LogP contribution >= 0.6 is 0 Å². The summed E-state index contributed by atoms with van der Waals surface area (Å²) >= 11 is 0. The van der Waals surface area contributed by atoms with E-state index in [1.165, 1.54) is 0 Å². The van der Waals surface area contributed by atoms with Gasteiger partial charge in [-0.05, 0) is 26.2 Å². The van der Waals surface area contributed by atoms with Crippen molar-refractivity contribution in [2.75, 3.05) is 6.61 Å². The van der Waals surface area contributed by atoms with E-state index >= 15 is 0 Å². The van der Waals surface area contributed by atoms with Gasteiger partial charge in [-0.2, -0.15) is 0 Å². The maximum atomic E-state index is 9.85. The first kappa shape index (κ1) is 12.7. The number of aliphatic hydroxyl groups excluding tert-OH is 1. The van der Waals surface area contributed by atoms with Crippen LogP contribution in [0.2, 0.25) is 0 Å². The molecule has 0 aromatic carbocycles. The first-order valence-electron chi connectivity index (χ1n) is 5.57. The average molecular weight is 214 g/mol. The van der Waals surface area contributed by atoms with E-state index in [0.717, 1.165) is 6.42 Å². The maximum absolute atomic E-state index is 9.85. The van der Waals surface area contributed by atoms with Crippen molar-refractivity contribution in [3.8, 4) is 0 Å². The van der Waals surface area contributed by atoms with Crippen LogP contribution in [0.25, 0.3) is 0 Å². The van der Waals surface area contributed by atoms with Gasteiger partial charge in [0.1, 0.15) is 0 Å². The molecule has 1 aliphatic heterocycles. The van der Waals surface area contributed by atoms with Crippen LogP contribution < -0.4 is 0 Å². The number of rotatable bonds is 4. The molecule has 88 valence electrons. The molecule has 1 heterocycles. The van der Waals surface area contributed by atoms with Gasteiger partial charge in [0.2, 0.25) is 0 Å². The molecule has 3 atom stereocenters. The van der Waals surface area contributed by atoms with Crippen molar-refractivity contribution in [2.24, 2.45) is 5.92 Å². The first-order valence-corrected chi connectivity index (χ1v) is 5.57. The van der Waals surface area contributed by atoms with E-state index in [1.54, 1.807) is 6.08 Å².